The van der Waals surface area contributed by atoms with Crippen molar-refractivity contribution >= 4 is 9.05 Å². The fourth-order valence-electron chi connectivity index (χ4n) is 1.22. The first-order chi connectivity index (χ1) is 9.12. The quantitative estimate of drug-likeness (QED) is 0.672. The smallest absolute Gasteiger partial charge is 0.412 e. The van der Waals surface area contributed by atoms with Gasteiger partial charge in [0.25, 0.3) is 0 Å². The maximum Gasteiger partial charge on any atom is 0.678 e. The SMILES string of the molecule is CC(C)(C)O.CC(C)(C)O[Si](O)(OC(C)(C)C)OC(C)(C)C.O.O.[Ti]. The second kappa shape index (κ2) is 12.2. The molecule has 25 heavy (non-hydrogen) atoms. The standard InChI is InChI=1S/C12H28O4Si.C4H10O.2H2O.Ti/c1-10(2,3)14-17(13,15-11(4,5)6)16-12(7,8)9;1-4(2,3)5;;;/h13H,1-9H3;5H,1-3H3;2*1H2;. The molecule has 0 aromatic heterocycles. The van der Waals surface area contributed by atoms with E-state index in [0.717, 1.165) is 0 Å². The Bertz CT molecular complexity index is 279. The summed E-state index contributed by atoms with van der Waals surface area (Å²) >= 11 is 0. The van der Waals surface area contributed by atoms with Gasteiger partial charge in [-0.1, -0.05) is 0 Å². The molecule has 0 rings (SSSR count). The Kier molecular flexibility index (Phi) is 17.8. The molecule has 0 aromatic rings. The molecule has 0 saturated heterocycles. The molecule has 0 atom stereocenters. The first-order valence-electron chi connectivity index (χ1n) is 7.67. The topological polar surface area (TPSA) is 131 Å². The van der Waals surface area contributed by atoms with Gasteiger partial charge in [0.15, 0.2) is 0 Å². The largest absolute Gasteiger partial charge is 0.678 e. The zero-order valence-corrected chi connectivity index (χ0v) is 20.7. The molecule has 0 bridgehead atoms. The van der Waals surface area contributed by atoms with E-state index in [4.69, 9.17) is 18.4 Å². The summed E-state index contributed by atoms with van der Waals surface area (Å²) in [5.74, 6) is 0. The van der Waals surface area contributed by atoms with Crippen LogP contribution in [-0.2, 0) is 35.0 Å². The molecule has 0 heterocycles. The van der Waals surface area contributed by atoms with E-state index in [1.165, 1.54) is 0 Å². The van der Waals surface area contributed by atoms with Gasteiger partial charge in [0.2, 0.25) is 0 Å². The monoisotopic (exact) mass is 422 g/mol. The third-order valence-electron chi connectivity index (χ3n) is 1.31. The van der Waals surface area contributed by atoms with Gasteiger partial charge in [0.1, 0.15) is 0 Å². The molecule has 0 aliphatic carbocycles. The molecule has 0 amide bonds. The molecule has 0 saturated carbocycles. The van der Waals surface area contributed by atoms with Gasteiger partial charge in [0.05, 0.1) is 22.4 Å². The molecule has 156 valence electrons. The maximum absolute atomic E-state index is 10.5. The molecule has 0 aliphatic heterocycles. The van der Waals surface area contributed by atoms with Crippen molar-refractivity contribution in [2.75, 3.05) is 0 Å². The van der Waals surface area contributed by atoms with Crippen LogP contribution in [-0.4, -0.2) is 52.3 Å². The zero-order chi connectivity index (χ0) is 18.6. The summed E-state index contributed by atoms with van der Waals surface area (Å²) in [6.45, 7) is 22.0. The van der Waals surface area contributed by atoms with E-state index in [-0.39, 0.29) is 32.7 Å². The molecule has 9 heteroatoms. The van der Waals surface area contributed by atoms with Crippen LogP contribution in [0, 0.1) is 0 Å². The molecule has 0 unspecified atom stereocenters. The Morgan fingerprint density at radius 3 is 0.760 bits per heavy atom. The van der Waals surface area contributed by atoms with Crippen LogP contribution >= 0.6 is 0 Å². The average Bonchev–Trinajstić information content (AvgIpc) is 1.82. The molecule has 7 nitrogen and oxygen atoms in total. The summed E-state index contributed by atoms with van der Waals surface area (Å²) in [6, 6.07) is 0. The first-order valence-corrected chi connectivity index (χ1v) is 9.34. The van der Waals surface area contributed by atoms with Crippen LogP contribution in [0.1, 0.15) is 83.1 Å². The van der Waals surface area contributed by atoms with E-state index in [1.54, 1.807) is 20.8 Å². The van der Waals surface area contributed by atoms with Gasteiger partial charge < -0.3 is 34.1 Å². The van der Waals surface area contributed by atoms with Crippen molar-refractivity contribution in [2.24, 2.45) is 0 Å². The molecule has 0 radical (unpaired) electrons. The second-order valence-corrected chi connectivity index (χ2v) is 11.0. The Hall–Kier alpha value is 0.651. The van der Waals surface area contributed by atoms with Crippen molar-refractivity contribution in [3.63, 3.8) is 0 Å². The van der Waals surface area contributed by atoms with Gasteiger partial charge in [-0.2, -0.15) is 0 Å². The minimum absolute atomic E-state index is 0. The van der Waals surface area contributed by atoms with Crippen molar-refractivity contribution in [3.8, 4) is 0 Å². The van der Waals surface area contributed by atoms with Crippen molar-refractivity contribution in [2.45, 2.75) is 105 Å². The third-order valence-corrected chi connectivity index (χ3v) is 3.92. The minimum Gasteiger partial charge on any atom is -0.412 e. The van der Waals surface area contributed by atoms with Gasteiger partial charge in [-0.3, -0.25) is 0 Å². The summed E-state index contributed by atoms with van der Waals surface area (Å²) in [5.41, 5.74) is -2.05. The molecule has 6 N–H and O–H groups in total. The van der Waals surface area contributed by atoms with Crippen molar-refractivity contribution in [1.82, 2.24) is 0 Å². The first kappa shape index (κ1) is 36.6. The molecule has 0 aromatic carbocycles. The van der Waals surface area contributed by atoms with E-state index < -0.39 is 31.5 Å². The van der Waals surface area contributed by atoms with Crippen LogP contribution < -0.4 is 0 Å². The fraction of sp³-hybridized carbons (Fsp3) is 1.00. The molecule has 0 aliphatic rings. The van der Waals surface area contributed by atoms with Crippen molar-refractivity contribution in [1.29, 1.82) is 0 Å². The molecular weight excluding hydrogens is 380 g/mol. The summed E-state index contributed by atoms with van der Waals surface area (Å²) < 4.78 is 16.9. The Morgan fingerprint density at radius 2 is 0.680 bits per heavy atom. The Balaban J connectivity index is -0.000000147. The minimum atomic E-state index is -3.66. The van der Waals surface area contributed by atoms with E-state index >= 15 is 0 Å². The van der Waals surface area contributed by atoms with Crippen LogP contribution in [0.2, 0.25) is 0 Å². The molecule has 0 fully saturated rings. The summed E-state index contributed by atoms with van der Waals surface area (Å²) in [7, 11) is -3.66. The number of hydrogen-bond acceptors (Lipinski definition) is 5. The summed E-state index contributed by atoms with van der Waals surface area (Å²) in [5, 5.41) is 8.52. The van der Waals surface area contributed by atoms with Gasteiger partial charge in [-0.25, -0.2) is 0 Å². The Labute approximate surface area is 170 Å². The predicted octanol–water partition coefficient (Wildman–Crippen LogP) is 1.98. The van der Waals surface area contributed by atoms with Crippen molar-refractivity contribution in [3.05, 3.63) is 0 Å². The van der Waals surface area contributed by atoms with Crippen LogP contribution in [0.25, 0.3) is 0 Å². The van der Waals surface area contributed by atoms with Crippen LogP contribution in [0.5, 0.6) is 0 Å². The third kappa shape index (κ3) is 36.4. The molecular formula is C16H42O7SiTi. The normalized spacial score (nSPS) is 12.7. The van der Waals surface area contributed by atoms with Gasteiger partial charge in [-0.05, 0) is 83.1 Å². The second-order valence-electron chi connectivity index (χ2n) is 9.34. The number of rotatable bonds is 3. The van der Waals surface area contributed by atoms with E-state index in [1.807, 2.05) is 62.3 Å². The number of aliphatic hydroxyl groups is 1. The summed E-state index contributed by atoms with van der Waals surface area (Å²) in [4.78, 5) is 10.5. The van der Waals surface area contributed by atoms with Gasteiger partial charge in [-0.15, -0.1) is 0 Å². The maximum atomic E-state index is 10.5. The van der Waals surface area contributed by atoms with Crippen LogP contribution in [0.15, 0.2) is 0 Å². The van der Waals surface area contributed by atoms with Gasteiger partial charge >= 0.3 is 9.05 Å². The van der Waals surface area contributed by atoms with Crippen molar-refractivity contribution < 1.29 is 55.9 Å². The Morgan fingerprint density at radius 1 is 0.560 bits per heavy atom. The number of hydrogen-bond donors (Lipinski definition) is 2. The zero-order valence-electron chi connectivity index (χ0n) is 18.1. The van der Waals surface area contributed by atoms with Crippen LogP contribution in [0.4, 0.5) is 0 Å². The van der Waals surface area contributed by atoms with E-state index in [0.29, 0.717) is 0 Å². The summed E-state index contributed by atoms with van der Waals surface area (Å²) in [6.07, 6.45) is 0. The fourth-order valence-corrected chi connectivity index (χ4v) is 3.67. The van der Waals surface area contributed by atoms with Crippen LogP contribution in [0.3, 0.4) is 0 Å². The van der Waals surface area contributed by atoms with Gasteiger partial charge in [0, 0.05) is 21.7 Å². The van der Waals surface area contributed by atoms with E-state index in [9.17, 15) is 4.80 Å². The molecule has 0 spiro atoms. The van der Waals surface area contributed by atoms with E-state index in [2.05, 4.69) is 0 Å². The predicted molar refractivity (Wildman–Crippen MR) is 99.7 cm³/mol. The average molecular weight is 422 g/mol.